The van der Waals surface area contributed by atoms with Crippen molar-refractivity contribution in [2.24, 2.45) is 5.92 Å². The number of hydrogen-bond acceptors (Lipinski definition) is 3. The van der Waals surface area contributed by atoms with Crippen LogP contribution in [0.1, 0.15) is 59.2 Å². The highest BCUT2D eigenvalue weighted by Gasteiger charge is 2.11. The summed E-state index contributed by atoms with van der Waals surface area (Å²) in [6, 6.07) is 4.15. The maximum absolute atomic E-state index is 5.94. The van der Waals surface area contributed by atoms with Gasteiger partial charge in [0.2, 0.25) is 5.88 Å². The van der Waals surface area contributed by atoms with Gasteiger partial charge in [0.05, 0.1) is 6.10 Å². The molecule has 0 aliphatic rings. The summed E-state index contributed by atoms with van der Waals surface area (Å²) < 4.78 is 5.94. The minimum absolute atomic E-state index is 0.114. The normalized spacial score (nSPS) is 13.6. The number of pyridine rings is 1. The lowest BCUT2D eigenvalue weighted by Crippen LogP contribution is -2.35. The van der Waals surface area contributed by atoms with Crippen LogP contribution < -0.4 is 10.1 Å². The molecule has 0 bridgehead atoms. The van der Waals surface area contributed by atoms with Gasteiger partial charge in [-0.3, -0.25) is 0 Å². The monoisotopic (exact) mass is 278 g/mol. The van der Waals surface area contributed by atoms with E-state index in [9.17, 15) is 0 Å². The molecule has 1 aromatic rings. The molecule has 1 N–H and O–H groups in total. The van der Waals surface area contributed by atoms with Crippen molar-refractivity contribution < 1.29 is 4.74 Å². The van der Waals surface area contributed by atoms with Crippen molar-refractivity contribution in [2.45, 2.75) is 73.1 Å². The van der Waals surface area contributed by atoms with Crippen molar-refractivity contribution in [1.29, 1.82) is 0 Å². The smallest absolute Gasteiger partial charge is 0.214 e. The molecule has 1 heterocycles. The van der Waals surface area contributed by atoms with Crippen molar-refractivity contribution in [3.05, 3.63) is 23.4 Å². The van der Waals surface area contributed by atoms with E-state index in [2.05, 4.69) is 57.9 Å². The first-order chi connectivity index (χ1) is 9.15. The highest BCUT2D eigenvalue weighted by Crippen LogP contribution is 2.17. The second kappa shape index (κ2) is 7.07. The molecule has 20 heavy (non-hydrogen) atoms. The van der Waals surface area contributed by atoms with Gasteiger partial charge in [-0.1, -0.05) is 13.8 Å². The van der Waals surface area contributed by atoms with Crippen molar-refractivity contribution >= 4 is 0 Å². The number of rotatable bonds is 6. The van der Waals surface area contributed by atoms with E-state index >= 15 is 0 Å². The quantitative estimate of drug-likeness (QED) is 0.851. The lowest BCUT2D eigenvalue weighted by atomic mass is 10.1. The molecule has 3 heteroatoms. The van der Waals surface area contributed by atoms with E-state index in [0.717, 1.165) is 24.5 Å². The number of ether oxygens (including phenoxy) is 1. The van der Waals surface area contributed by atoms with Gasteiger partial charge in [-0.15, -0.1) is 0 Å². The zero-order valence-electron chi connectivity index (χ0n) is 14.1. The van der Waals surface area contributed by atoms with Crippen LogP contribution in [0.4, 0.5) is 0 Å². The molecule has 3 nitrogen and oxygen atoms in total. The topological polar surface area (TPSA) is 34.1 Å². The molecule has 1 unspecified atom stereocenters. The Morgan fingerprint density at radius 1 is 1.20 bits per heavy atom. The van der Waals surface area contributed by atoms with E-state index < -0.39 is 0 Å². The minimum Gasteiger partial charge on any atom is -0.475 e. The number of aromatic nitrogens is 1. The molecule has 1 aromatic heterocycles. The van der Waals surface area contributed by atoms with Crippen molar-refractivity contribution in [3.8, 4) is 5.88 Å². The fraction of sp³-hybridized carbons (Fsp3) is 0.706. The van der Waals surface area contributed by atoms with Crippen LogP contribution in [0.3, 0.4) is 0 Å². The molecule has 0 aliphatic heterocycles. The molecule has 114 valence electrons. The lowest BCUT2D eigenvalue weighted by molar-refractivity contribution is 0.185. The Bertz CT molecular complexity index is 421. The highest BCUT2D eigenvalue weighted by atomic mass is 16.5. The van der Waals surface area contributed by atoms with Crippen LogP contribution in [0.25, 0.3) is 0 Å². The zero-order valence-corrected chi connectivity index (χ0v) is 14.1. The fourth-order valence-corrected chi connectivity index (χ4v) is 2.15. The van der Waals surface area contributed by atoms with Gasteiger partial charge >= 0.3 is 0 Å². The van der Waals surface area contributed by atoms with Crippen LogP contribution in [0.2, 0.25) is 0 Å². The molecule has 0 saturated carbocycles. The van der Waals surface area contributed by atoms with E-state index in [1.807, 2.05) is 13.0 Å². The van der Waals surface area contributed by atoms with Gasteiger partial charge in [0.25, 0.3) is 0 Å². The summed E-state index contributed by atoms with van der Waals surface area (Å²) in [4.78, 5) is 4.48. The summed E-state index contributed by atoms with van der Waals surface area (Å²) >= 11 is 0. The van der Waals surface area contributed by atoms with E-state index in [1.54, 1.807) is 0 Å². The Morgan fingerprint density at radius 2 is 1.85 bits per heavy atom. The van der Waals surface area contributed by atoms with E-state index in [-0.39, 0.29) is 11.6 Å². The molecular formula is C17H30N2O. The Balaban J connectivity index is 2.71. The van der Waals surface area contributed by atoms with Gasteiger partial charge < -0.3 is 10.1 Å². The second-order valence-corrected chi connectivity index (χ2v) is 7.12. The first-order valence-corrected chi connectivity index (χ1v) is 7.55. The molecule has 0 aromatic carbocycles. The van der Waals surface area contributed by atoms with Gasteiger partial charge in [-0.2, -0.15) is 0 Å². The predicted molar refractivity (Wildman–Crippen MR) is 85.1 cm³/mol. The summed E-state index contributed by atoms with van der Waals surface area (Å²) in [5, 5.41) is 3.49. The van der Waals surface area contributed by atoms with Crippen LogP contribution >= 0.6 is 0 Å². The Morgan fingerprint density at radius 3 is 2.40 bits per heavy atom. The number of hydrogen-bond donors (Lipinski definition) is 1. The van der Waals surface area contributed by atoms with Gasteiger partial charge in [-0.05, 0) is 58.6 Å². The van der Waals surface area contributed by atoms with Crippen molar-refractivity contribution in [3.63, 3.8) is 0 Å². The van der Waals surface area contributed by atoms with Crippen molar-refractivity contribution in [2.75, 3.05) is 0 Å². The SMILES string of the molecule is Cc1cc(CNC(C)(C)C)cc(OC(C)CC(C)C)n1. The molecule has 1 rings (SSSR count). The molecule has 0 fully saturated rings. The van der Waals surface area contributed by atoms with Crippen molar-refractivity contribution in [1.82, 2.24) is 10.3 Å². The minimum atomic E-state index is 0.114. The standard InChI is InChI=1S/C17H30N2O/c1-12(2)8-14(4)20-16-10-15(9-13(3)19-16)11-18-17(5,6)7/h9-10,12,14,18H,8,11H2,1-7H3. The Labute approximate surface area is 124 Å². The zero-order chi connectivity index (χ0) is 15.3. The predicted octanol–water partition coefficient (Wildman–Crippen LogP) is 4.09. The third-order valence-corrected chi connectivity index (χ3v) is 2.94. The summed E-state index contributed by atoms with van der Waals surface area (Å²) in [7, 11) is 0. The Hall–Kier alpha value is -1.09. The summed E-state index contributed by atoms with van der Waals surface area (Å²) in [5.41, 5.74) is 2.34. The van der Waals surface area contributed by atoms with Gasteiger partial charge in [-0.25, -0.2) is 4.98 Å². The van der Waals surface area contributed by atoms with Crippen LogP contribution in [0.5, 0.6) is 5.88 Å². The van der Waals surface area contributed by atoms with E-state index in [4.69, 9.17) is 4.74 Å². The van der Waals surface area contributed by atoms with Crippen LogP contribution in [0, 0.1) is 12.8 Å². The maximum atomic E-state index is 5.94. The van der Waals surface area contributed by atoms with Crippen LogP contribution in [-0.2, 0) is 6.54 Å². The average Bonchev–Trinajstić information content (AvgIpc) is 2.23. The van der Waals surface area contributed by atoms with E-state index in [0.29, 0.717) is 5.92 Å². The molecule has 0 aliphatic carbocycles. The van der Waals surface area contributed by atoms with Crippen LogP contribution in [0.15, 0.2) is 12.1 Å². The Kier molecular flexibility index (Phi) is 6.00. The highest BCUT2D eigenvalue weighted by molar-refractivity contribution is 5.25. The van der Waals surface area contributed by atoms with Gasteiger partial charge in [0.15, 0.2) is 0 Å². The number of nitrogens with one attached hydrogen (secondary N) is 1. The summed E-state index contributed by atoms with van der Waals surface area (Å²) in [6.07, 6.45) is 1.25. The first-order valence-electron chi connectivity index (χ1n) is 7.55. The molecule has 0 saturated heterocycles. The molecule has 1 atom stereocenters. The second-order valence-electron chi connectivity index (χ2n) is 7.12. The molecule has 0 radical (unpaired) electrons. The number of aryl methyl sites for hydroxylation is 1. The average molecular weight is 278 g/mol. The molecule has 0 spiro atoms. The molecular weight excluding hydrogens is 248 g/mol. The third kappa shape index (κ3) is 6.90. The third-order valence-electron chi connectivity index (χ3n) is 2.94. The van der Waals surface area contributed by atoms with E-state index in [1.165, 1.54) is 5.56 Å². The summed E-state index contributed by atoms with van der Waals surface area (Å²) in [5.74, 6) is 1.38. The number of nitrogens with zero attached hydrogens (tertiary/aromatic N) is 1. The fourth-order valence-electron chi connectivity index (χ4n) is 2.15. The largest absolute Gasteiger partial charge is 0.475 e. The lowest BCUT2D eigenvalue weighted by Gasteiger charge is -2.21. The van der Waals surface area contributed by atoms with Gasteiger partial charge in [0, 0.05) is 23.8 Å². The molecule has 0 amide bonds. The summed E-state index contributed by atoms with van der Waals surface area (Å²) in [6.45, 7) is 15.9. The first kappa shape index (κ1) is 17.0. The maximum Gasteiger partial charge on any atom is 0.214 e. The van der Waals surface area contributed by atoms with Gasteiger partial charge in [0.1, 0.15) is 0 Å². The van der Waals surface area contributed by atoms with Crippen LogP contribution in [-0.4, -0.2) is 16.6 Å².